The number of carbonyl (C=O) groups excluding carboxylic acids is 1. The Morgan fingerprint density at radius 3 is 2.73 bits per heavy atom. The quantitative estimate of drug-likeness (QED) is 0.423. The Hall–Kier alpha value is -1.01. The molecule has 0 aromatic carbocycles. The standard InChI is InChI=1S/C8H11NO2/c1-3-6-4-8(9,5-6)7(10)11-2/h1,6H,4-5,9H2,2H3. The van der Waals surface area contributed by atoms with Crippen LogP contribution >= 0.6 is 0 Å². The maximum Gasteiger partial charge on any atom is 0.325 e. The van der Waals surface area contributed by atoms with Crippen LogP contribution in [-0.4, -0.2) is 18.6 Å². The Bertz CT molecular complexity index is 211. The Kier molecular flexibility index (Phi) is 1.88. The van der Waals surface area contributed by atoms with Gasteiger partial charge in [0.1, 0.15) is 5.54 Å². The zero-order chi connectivity index (χ0) is 8.48. The SMILES string of the molecule is C#CC1CC(N)(C(=O)OC)C1. The van der Waals surface area contributed by atoms with Crippen LogP contribution in [0.25, 0.3) is 0 Å². The fourth-order valence-electron chi connectivity index (χ4n) is 1.31. The van der Waals surface area contributed by atoms with Crippen LogP contribution in [0.1, 0.15) is 12.8 Å². The first-order valence-corrected chi connectivity index (χ1v) is 3.46. The van der Waals surface area contributed by atoms with Gasteiger partial charge in [-0.05, 0) is 12.8 Å². The van der Waals surface area contributed by atoms with Gasteiger partial charge in [-0.25, -0.2) is 0 Å². The molecule has 0 amide bonds. The number of methoxy groups -OCH3 is 1. The van der Waals surface area contributed by atoms with E-state index < -0.39 is 5.54 Å². The van der Waals surface area contributed by atoms with E-state index in [-0.39, 0.29) is 11.9 Å². The van der Waals surface area contributed by atoms with Crippen molar-refractivity contribution in [3.05, 3.63) is 0 Å². The first-order chi connectivity index (χ1) is 5.12. The third kappa shape index (κ3) is 1.22. The van der Waals surface area contributed by atoms with Gasteiger partial charge in [0.25, 0.3) is 0 Å². The summed E-state index contributed by atoms with van der Waals surface area (Å²) in [7, 11) is 1.33. The van der Waals surface area contributed by atoms with Crippen molar-refractivity contribution in [1.29, 1.82) is 0 Å². The molecule has 0 atom stereocenters. The smallest absolute Gasteiger partial charge is 0.325 e. The number of rotatable bonds is 1. The van der Waals surface area contributed by atoms with Crippen LogP contribution in [0.4, 0.5) is 0 Å². The molecule has 60 valence electrons. The average Bonchev–Trinajstić information content (AvgIpc) is 1.96. The highest BCUT2D eigenvalue weighted by Crippen LogP contribution is 2.35. The van der Waals surface area contributed by atoms with Gasteiger partial charge < -0.3 is 10.5 Å². The molecular weight excluding hydrogens is 142 g/mol. The number of nitrogens with two attached hydrogens (primary N) is 1. The van der Waals surface area contributed by atoms with Crippen molar-refractivity contribution in [1.82, 2.24) is 0 Å². The third-order valence-electron chi connectivity index (χ3n) is 2.05. The van der Waals surface area contributed by atoms with Gasteiger partial charge in [-0.15, -0.1) is 12.3 Å². The topological polar surface area (TPSA) is 52.3 Å². The zero-order valence-corrected chi connectivity index (χ0v) is 6.46. The van der Waals surface area contributed by atoms with Crippen LogP contribution in [0.2, 0.25) is 0 Å². The molecule has 11 heavy (non-hydrogen) atoms. The molecule has 0 saturated heterocycles. The summed E-state index contributed by atoms with van der Waals surface area (Å²) in [5.41, 5.74) is 4.85. The lowest BCUT2D eigenvalue weighted by atomic mass is 9.69. The second kappa shape index (κ2) is 2.55. The van der Waals surface area contributed by atoms with Gasteiger partial charge in [-0.2, -0.15) is 0 Å². The monoisotopic (exact) mass is 153 g/mol. The lowest BCUT2D eigenvalue weighted by molar-refractivity contribution is -0.151. The largest absolute Gasteiger partial charge is 0.468 e. The van der Waals surface area contributed by atoms with Crippen LogP contribution in [0.3, 0.4) is 0 Å². The van der Waals surface area contributed by atoms with E-state index in [2.05, 4.69) is 10.7 Å². The summed E-state index contributed by atoms with van der Waals surface area (Å²) < 4.78 is 4.52. The summed E-state index contributed by atoms with van der Waals surface area (Å²) in [5, 5.41) is 0. The number of carbonyl (C=O) groups is 1. The molecule has 1 saturated carbocycles. The van der Waals surface area contributed by atoms with Gasteiger partial charge in [0.2, 0.25) is 0 Å². The Labute approximate surface area is 65.9 Å². The second-order valence-electron chi connectivity index (χ2n) is 2.92. The predicted molar refractivity (Wildman–Crippen MR) is 40.5 cm³/mol. The highest BCUT2D eigenvalue weighted by Gasteiger charge is 2.47. The van der Waals surface area contributed by atoms with Crippen molar-refractivity contribution in [2.24, 2.45) is 11.7 Å². The molecule has 3 heteroatoms. The summed E-state index contributed by atoms with van der Waals surface area (Å²) in [6.45, 7) is 0. The van der Waals surface area contributed by atoms with Crippen LogP contribution in [0, 0.1) is 18.3 Å². The fourth-order valence-corrected chi connectivity index (χ4v) is 1.31. The van der Waals surface area contributed by atoms with Crippen LogP contribution in [0.15, 0.2) is 0 Å². The summed E-state index contributed by atoms with van der Waals surface area (Å²) in [6, 6.07) is 0. The van der Waals surface area contributed by atoms with Gasteiger partial charge in [0.05, 0.1) is 7.11 Å². The summed E-state index contributed by atoms with van der Waals surface area (Å²) in [5.74, 6) is 2.34. The highest BCUT2D eigenvalue weighted by atomic mass is 16.5. The molecule has 1 rings (SSSR count). The molecule has 0 spiro atoms. The molecule has 3 nitrogen and oxygen atoms in total. The van der Waals surface area contributed by atoms with Gasteiger partial charge in [-0.1, -0.05) is 0 Å². The van der Waals surface area contributed by atoms with Crippen molar-refractivity contribution in [3.8, 4) is 12.3 Å². The van der Waals surface area contributed by atoms with Crippen molar-refractivity contribution in [2.45, 2.75) is 18.4 Å². The van der Waals surface area contributed by atoms with Gasteiger partial charge in [-0.3, -0.25) is 4.79 Å². The zero-order valence-electron chi connectivity index (χ0n) is 6.46. The molecule has 0 bridgehead atoms. The second-order valence-corrected chi connectivity index (χ2v) is 2.92. The summed E-state index contributed by atoms with van der Waals surface area (Å²) in [6.07, 6.45) is 6.24. The van der Waals surface area contributed by atoms with Crippen molar-refractivity contribution in [2.75, 3.05) is 7.11 Å². The minimum atomic E-state index is -0.800. The van der Waals surface area contributed by atoms with Crippen molar-refractivity contribution < 1.29 is 9.53 Å². The molecule has 2 N–H and O–H groups in total. The molecule has 0 aliphatic heterocycles. The molecule has 0 unspecified atom stereocenters. The Morgan fingerprint density at radius 2 is 2.36 bits per heavy atom. The van der Waals surface area contributed by atoms with E-state index in [4.69, 9.17) is 12.2 Å². The maximum atomic E-state index is 11.0. The normalized spacial score (nSPS) is 35.2. The van der Waals surface area contributed by atoms with E-state index in [0.717, 1.165) is 0 Å². The lowest BCUT2D eigenvalue weighted by Crippen LogP contribution is -2.58. The average molecular weight is 153 g/mol. The molecule has 0 heterocycles. The highest BCUT2D eigenvalue weighted by molar-refractivity contribution is 5.82. The lowest BCUT2D eigenvalue weighted by Gasteiger charge is -2.39. The number of ether oxygens (including phenoxy) is 1. The van der Waals surface area contributed by atoms with E-state index in [1.165, 1.54) is 7.11 Å². The van der Waals surface area contributed by atoms with E-state index in [1.54, 1.807) is 0 Å². The summed E-state index contributed by atoms with van der Waals surface area (Å²) in [4.78, 5) is 11.0. The number of hydrogen-bond acceptors (Lipinski definition) is 3. The van der Waals surface area contributed by atoms with E-state index >= 15 is 0 Å². The molecule has 1 aliphatic carbocycles. The predicted octanol–water partition coefficient (Wildman–Crippen LogP) is -0.0999. The molecule has 0 aromatic rings. The third-order valence-corrected chi connectivity index (χ3v) is 2.05. The first kappa shape index (κ1) is 8.09. The molecule has 0 radical (unpaired) electrons. The van der Waals surface area contributed by atoms with Crippen molar-refractivity contribution >= 4 is 5.97 Å². The Balaban J connectivity index is 2.50. The van der Waals surface area contributed by atoms with Crippen LogP contribution < -0.4 is 5.73 Å². The van der Waals surface area contributed by atoms with E-state index in [1.807, 2.05) is 0 Å². The molecule has 0 aromatic heterocycles. The fraction of sp³-hybridized carbons (Fsp3) is 0.625. The maximum absolute atomic E-state index is 11.0. The molecular formula is C8H11NO2. The summed E-state index contributed by atoms with van der Waals surface area (Å²) >= 11 is 0. The van der Waals surface area contributed by atoms with E-state index in [0.29, 0.717) is 12.8 Å². The minimum Gasteiger partial charge on any atom is -0.468 e. The number of esters is 1. The van der Waals surface area contributed by atoms with Crippen LogP contribution in [-0.2, 0) is 9.53 Å². The number of terminal acetylenes is 1. The molecule has 1 fully saturated rings. The van der Waals surface area contributed by atoms with Gasteiger partial charge in [0, 0.05) is 5.92 Å². The Morgan fingerprint density at radius 1 is 1.82 bits per heavy atom. The van der Waals surface area contributed by atoms with Gasteiger partial charge in [0.15, 0.2) is 0 Å². The number of hydrogen-bond donors (Lipinski definition) is 1. The molecule has 1 aliphatic rings. The minimum absolute atomic E-state index is 0.152. The van der Waals surface area contributed by atoms with Crippen molar-refractivity contribution in [3.63, 3.8) is 0 Å². The first-order valence-electron chi connectivity index (χ1n) is 3.46. The van der Waals surface area contributed by atoms with E-state index in [9.17, 15) is 4.79 Å². The van der Waals surface area contributed by atoms with Gasteiger partial charge >= 0.3 is 5.97 Å². The van der Waals surface area contributed by atoms with Crippen LogP contribution in [0.5, 0.6) is 0 Å².